The van der Waals surface area contributed by atoms with E-state index in [1.165, 1.54) is 24.8 Å². The highest BCUT2D eigenvalue weighted by Crippen LogP contribution is 2.31. The smallest absolute Gasteiger partial charge is 0.161 e. The van der Waals surface area contributed by atoms with E-state index in [1.54, 1.807) is 14.2 Å². The van der Waals surface area contributed by atoms with Crippen molar-refractivity contribution in [2.24, 2.45) is 0 Å². The Morgan fingerprint density at radius 2 is 1.95 bits per heavy atom. The standard InChI is InChI=1S/C17H27NO2/c1-5-7-8-12-18-15(9-6-2)14-10-11-16(19-3)17(13-14)20-4/h6,10-11,13,15,18H,2,5,7-9,12H2,1,3-4H3. The average molecular weight is 277 g/mol. The van der Waals surface area contributed by atoms with Crippen molar-refractivity contribution in [3.63, 3.8) is 0 Å². The van der Waals surface area contributed by atoms with E-state index in [0.29, 0.717) is 0 Å². The molecule has 112 valence electrons. The van der Waals surface area contributed by atoms with Crippen molar-refractivity contribution in [1.29, 1.82) is 0 Å². The van der Waals surface area contributed by atoms with Crippen molar-refractivity contribution in [2.45, 2.75) is 38.6 Å². The molecule has 0 aliphatic heterocycles. The van der Waals surface area contributed by atoms with Gasteiger partial charge in [-0.05, 0) is 37.1 Å². The van der Waals surface area contributed by atoms with Gasteiger partial charge in [-0.2, -0.15) is 0 Å². The molecule has 3 heteroatoms. The number of unbranched alkanes of at least 4 members (excludes halogenated alkanes) is 2. The molecule has 0 saturated carbocycles. The quantitative estimate of drug-likeness (QED) is 0.516. The molecular weight excluding hydrogens is 250 g/mol. The first-order valence-corrected chi connectivity index (χ1v) is 7.33. The van der Waals surface area contributed by atoms with E-state index in [2.05, 4.69) is 24.9 Å². The molecule has 0 amide bonds. The predicted molar refractivity (Wildman–Crippen MR) is 84.6 cm³/mol. The predicted octanol–water partition coefficient (Wildman–Crippen LogP) is 4.10. The molecule has 0 heterocycles. The maximum Gasteiger partial charge on any atom is 0.161 e. The maximum atomic E-state index is 5.37. The van der Waals surface area contributed by atoms with Crippen molar-refractivity contribution in [3.8, 4) is 11.5 Å². The Hall–Kier alpha value is -1.48. The summed E-state index contributed by atoms with van der Waals surface area (Å²) in [5.41, 5.74) is 1.21. The third kappa shape index (κ3) is 4.89. The maximum absolute atomic E-state index is 5.37. The zero-order chi connectivity index (χ0) is 14.8. The second-order valence-corrected chi connectivity index (χ2v) is 4.85. The lowest BCUT2D eigenvalue weighted by atomic mass is 10.0. The Morgan fingerprint density at radius 1 is 1.20 bits per heavy atom. The van der Waals surface area contributed by atoms with Gasteiger partial charge in [0.15, 0.2) is 11.5 Å². The topological polar surface area (TPSA) is 30.5 Å². The van der Waals surface area contributed by atoms with Crippen molar-refractivity contribution in [2.75, 3.05) is 20.8 Å². The zero-order valence-electron chi connectivity index (χ0n) is 12.9. The summed E-state index contributed by atoms with van der Waals surface area (Å²) in [5.74, 6) is 1.54. The van der Waals surface area contributed by atoms with Gasteiger partial charge >= 0.3 is 0 Å². The van der Waals surface area contributed by atoms with Gasteiger partial charge in [-0.3, -0.25) is 0 Å². The Balaban J connectivity index is 2.77. The van der Waals surface area contributed by atoms with Crippen LogP contribution >= 0.6 is 0 Å². The van der Waals surface area contributed by atoms with Gasteiger partial charge in [0.2, 0.25) is 0 Å². The average Bonchev–Trinajstić information content (AvgIpc) is 2.49. The Labute approximate surface area is 123 Å². The van der Waals surface area contributed by atoms with Gasteiger partial charge in [-0.15, -0.1) is 6.58 Å². The van der Waals surface area contributed by atoms with Crippen LogP contribution in [-0.2, 0) is 0 Å². The number of nitrogens with one attached hydrogen (secondary N) is 1. The monoisotopic (exact) mass is 277 g/mol. The van der Waals surface area contributed by atoms with Gasteiger partial charge in [0.05, 0.1) is 14.2 Å². The Bertz CT molecular complexity index is 404. The SMILES string of the molecule is C=CCC(NCCCCC)c1ccc(OC)c(OC)c1. The molecule has 3 nitrogen and oxygen atoms in total. The third-order valence-electron chi connectivity index (χ3n) is 3.38. The molecular formula is C17H27NO2. The molecule has 0 bridgehead atoms. The highest BCUT2D eigenvalue weighted by atomic mass is 16.5. The Kier molecular flexibility index (Phi) is 7.81. The highest BCUT2D eigenvalue weighted by molar-refractivity contribution is 5.43. The van der Waals surface area contributed by atoms with Crippen LogP contribution in [0.25, 0.3) is 0 Å². The molecule has 1 aromatic rings. The van der Waals surface area contributed by atoms with Crippen molar-refractivity contribution < 1.29 is 9.47 Å². The molecule has 1 unspecified atom stereocenters. The van der Waals surface area contributed by atoms with Crippen molar-refractivity contribution in [1.82, 2.24) is 5.32 Å². The summed E-state index contributed by atoms with van der Waals surface area (Å²) >= 11 is 0. The van der Waals surface area contributed by atoms with Crippen LogP contribution in [0.3, 0.4) is 0 Å². The summed E-state index contributed by atoms with van der Waals surface area (Å²) in [5, 5.41) is 3.59. The van der Waals surface area contributed by atoms with Gasteiger partial charge in [0, 0.05) is 6.04 Å². The highest BCUT2D eigenvalue weighted by Gasteiger charge is 2.12. The van der Waals surface area contributed by atoms with E-state index in [1.807, 2.05) is 18.2 Å². The zero-order valence-corrected chi connectivity index (χ0v) is 12.9. The molecule has 0 aliphatic carbocycles. The largest absolute Gasteiger partial charge is 0.493 e. The van der Waals surface area contributed by atoms with Crippen LogP contribution < -0.4 is 14.8 Å². The number of ether oxygens (including phenoxy) is 2. The number of hydrogen-bond donors (Lipinski definition) is 1. The summed E-state index contributed by atoms with van der Waals surface area (Å²) in [6.45, 7) is 7.10. The van der Waals surface area contributed by atoms with E-state index < -0.39 is 0 Å². The summed E-state index contributed by atoms with van der Waals surface area (Å²) in [6, 6.07) is 6.37. The molecule has 1 rings (SSSR count). The van der Waals surface area contributed by atoms with E-state index in [9.17, 15) is 0 Å². The van der Waals surface area contributed by atoms with Crippen LogP contribution in [-0.4, -0.2) is 20.8 Å². The van der Waals surface area contributed by atoms with Gasteiger partial charge in [-0.1, -0.05) is 31.9 Å². The minimum Gasteiger partial charge on any atom is -0.493 e. The van der Waals surface area contributed by atoms with Crippen LogP contribution in [0.5, 0.6) is 11.5 Å². The molecule has 0 aromatic heterocycles. The van der Waals surface area contributed by atoms with E-state index in [0.717, 1.165) is 24.5 Å². The lowest BCUT2D eigenvalue weighted by Gasteiger charge is -2.19. The van der Waals surface area contributed by atoms with E-state index in [-0.39, 0.29) is 6.04 Å². The summed E-state index contributed by atoms with van der Waals surface area (Å²) in [6.07, 6.45) is 6.57. The Morgan fingerprint density at radius 3 is 2.55 bits per heavy atom. The molecule has 0 radical (unpaired) electrons. The molecule has 1 aromatic carbocycles. The minimum absolute atomic E-state index is 0.282. The van der Waals surface area contributed by atoms with Crippen LogP contribution in [0.4, 0.5) is 0 Å². The second-order valence-electron chi connectivity index (χ2n) is 4.85. The first-order valence-electron chi connectivity index (χ1n) is 7.33. The molecule has 1 atom stereocenters. The van der Waals surface area contributed by atoms with Gasteiger partial charge in [0.1, 0.15) is 0 Å². The minimum atomic E-state index is 0.282. The molecule has 0 spiro atoms. The lowest BCUT2D eigenvalue weighted by Crippen LogP contribution is -2.22. The molecule has 0 fully saturated rings. The van der Waals surface area contributed by atoms with Gasteiger partial charge in [-0.25, -0.2) is 0 Å². The number of methoxy groups -OCH3 is 2. The van der Waals surface area contributed by atoms with Crippen LogP contribution in [0, 0.1) is 0 Å². The number of rotatable bonds is 10. The third-order valence-corrected chi connectivity index (χ3v) is 3.38. The second kappa shape index (κ2) is 9.43. The van der Waals surface area contributed by atoms with Gasteiger partial charge in [0.25, 0.3) is 0 Å². The normalized spacial score (nSPS) is 11.9. The molecule has 0 aliphatic rings. The summed E-state index contributed by atoms with van der Waals surface area (Å²) < 4.78 is 10.6. The van der Waals surface area contributed by atoms with Crippen molar-refractivity contribution in [3.05, 3.63) is 36.4 Å². The molecule has 20 heavy (non-hydrogen) atoms. The van der Waals surface area contributed by atoms with Crippen LogP contribution in [0.2, 0.25) is 0 Å². The lowest BCUT2D eigenvalue weighted by molar-refractivity contribution is 0.353. The fraction of sp³-hybridized carbons (Fsp3) is 0.529. The van der Waals surface area contributed by atoms with Crippen molar-refractivity contribution >= 4 is 0 Å². The van der Waals surface area contributed by atoms with Crippen LogP contribution in [0.15, 0.2) is 30.9 Å². The molecule has 0 saturated heterocycles. The van der Waals surface area contributed by atoms with E-state index >= 15 is 0 Å². The first-order chi connectivity index (χ1) is 9.76. The van der Waals surface area contributed by atoms with Crippen LogP contribution in [0.1, 0.15) is 44.2 Å². The number of hydrogen-bond acceptors (Lipinski definition) is 3. The summed E-state index contributed by atoms with van der Waals surface area (Å²) in [4.78, 5) is 0. The number of benzene rings is 1. The first kappa shape index (κ1) is 16.6. The summed E-state index contributed by atoms with van der Waals surface area (Å²) in [7, 11) is 3.32. The fourth-order valence-corrected chi connectivity index (χ4v) is 2.22. The fourth-order valence-electron chi connectivity index (χ4n) is 2.22. The van der Waals surface area contributed by atoms with E-state index in [4.69, 9.17) is 9.47 Å². The molecule has 1 N–H and O–H groups in total. The van der Waals surface area contributed by atoms with Gasteiger partial charge < -0.3 is 14.8 Å².